The molecule has 0 aromatic rings. The zero-order chi connectivity index (χ0) is 8.97. The first kappa shape index (κ1) is 9.26. The Hall–Kier alpha value is -0.830. The minimum atomic E-state index is -0.793. The van der Waals surface area contributed by atoms with Gasteiger partial charge in [-0.2, -0.15) is 0 Å². The zero-order valence-electron chi connectivity index (χ0n) is 7.08. The molecule has 68 valence electrons. The molecule has 0 saturated carbocycles. The molecule has 0 aliphatic carbocycles. The van der Waals surface area contributed by atoms with Crippen LogP contribution in [0.3, 0.4) is 0 Å². The molecule has 0 bridgehead atoms. The predicted octanol–water partition coefficient (Wildman–Crippen LogP) is 1.44. The summed E-state index contributed by atoms with van der Waals surface area (Å²) in [4.78, 5) is 10.3. The van der Waals surface area contributed by atoms with Crippen LogP contribution in [0.25, 0.3) is 0 Å². The molecule has 3 nitrogen and oxygen atoms in total. The van der Waals surface area contributed by atoms with Gasteiger partial charge in [0, 0.05) is 13.2 Å². The summed E-state index contributed by atoms with van der Waals surface area (Å²) < 4.78 is 5.17. The highest BCUT2D eigenvalue weighted by Crippen LogP contribution is 2.21. The first-order chi connectivity index (χ1) is 5.68. The lowest BCUT2D eigenvalue weighted by Gasteiger charge is -2.07. The van der Waals surface area contributed by atoms with Gasteiger partial charge in [0.25, 0.3) is 0 Å². The van der Waals surface area contributed by atoms with E-state index >= 15 is 0 Å². The maximum absolute atomic E-state index is 10.3. The number of rotatable bonds is 4. The second-order valence-corrected chi connectivity index (χ2v) is 3.25. The van der Waals surface area contributed by atoms with Crippen LogP contribution in [0.2, 0.25) is 0 Å². The summed E-state index contributed by atoms with van der Waals surface area (Å²) in [6, 6.07) is 0. The lowest BCUT2D eigenvalue weighted by atomic mass is 9.98. The van der Waals surface area contributed by atoms with Gasteiger partial charge in [-0.05, 0) is 18.8 Å². The Morgan fingerprint density at radius 3 is 2.92 bits per heavy atom. The zero-order valence-corrected chi connectivity index (χ0v) is 7.08. The summed E-state index contributed by atoms with van der Waals surface area (Å²) >= 11 is 0. The van der Waals surface area contributed by atoms with Crippen LogP contribution in [0, 0.1) is 5.92 Å². The SMILES string of the molecule is C=C(CC(=O)O)CC1CCOC1. The minimum absolute atomic E-state index is 0.0938. The third-order valence-electron chi connectivity index (χ3n) is 2.00. The van der Waals surface area contributed by atoms with Gasteiger partial charge < -0.3 is 9.84 Å². The van der Waals surface area contributed by atoms with Crippen molar-refractivity contribution in [2.24, 2.45) is 5.92 Å². The Labute approximate surface area is 72.0 Å². The van der Waals surface area contributed by atoms with Gasteiger partial charge in [0.15, 0.2) is 0 Å². The number of carbonyl (C=O) groups is 1. The Morgan fingerprint density at radius 2 is 2.42 bits per heavy atom. The smallest absolute Gasteiger partial charge is 0.307 e. The first-order valence-electron chi connectivity index (χ1n) is 4.14. The number of hydrogen-bond donors (Lipinski definition) is 1. The van der Waals surface area contributed by atoms with Gasteiger partial charge in [0.1, 0.15) is 0 Å². The molecule has 0 spiro atoms. The largest absolute Gasteiger partial charge is 0.481 e. The summed E-state index contributed by atoms with van der Waals surface area (Å²) in [6.07, 6.45) is 1.93. The predicted molar refractivity (Wildman–Crippen MR) is 44.9 cm³/mol. The summed E-state index contributed by atoms with van der Waals surface area (Å²) in [5.74, 6) is -0.296. The van der Waals surface area contributed by atoms with Crippen molar-refractivity contribution in [3.05, 3.63) is 12.2 Å². The van der Waals surface area contributed by atoms with Gasteiger partial charge >= 0.3 is 5.97 Å². The standard InChI is InChI=1S/C9H14O3/c1-7(5-9(10)11)4-8-2-3-12-6-8/h8H,1-6H2,(H,10,11). The number of hydrogen-bond acceptors (Lipinski definition) is 2. The molecular formula is C9H14O3. The van der Waals surface area contributed by atoms with Crippen molar-refractivity contribution in [3.8, 4) is 0 Å². The molecule has 12 heavy (non-hydrogen) atoms. The van der Waals surface area contributed by atoms with Crippen LogP contribution in [0.15, 0.2) is 12.2 Å². The van der Waals surface area contributed by atoms with Crippen LogP contribution in [0.4, 0.5) is 0 Å². The maximum atomic E-state index is 10.3. The van der Waals surface area contributed by atoms with Crippen molar-refractivity contribution in [1.82, 2.24) is 0 Å². The molecule has 1 fully saturated rings. The minimum Gasteiger partial charge on any atom is -0.481 e. The van der Waals surface area contributed by atoms with Crippen molar-refractivity contribution in [2.75, 3.05) is 13.2 Å². The van der Waals surface area contributed by atoms with Crippen LogP contribution in [0.1, 0.15) is 19.3 Å². The van der Waals surface area contributed by atoms with E-state index in [9.17, 15) is 4.79 Å². The number of aliphatic carboxylic acids is 1. The second-order valence-electron chi connectivity index (χ2n) is 3.25. The third kappa shape index (κ3) is 3.05. The average Bonchev–Trinajstić information content (AvgIpc) is 2.37. The van der Waals surface area contributed by atoms with Gasteiger partial charge in [-0.25, -0.2) is 0 Å². The van der Waals surface area contributed by atoms with Crippen molar-refractivity contribution in [3.63, 3.8) is 0 Å². The molecule has 1 aliphatic rings. The lowest BCUT2D eigenvalue weighted by molar-refractivity contribution is -0.136. The van der Waals surface area contributed by atoms with Gasteiger partial charge in [-0.15, -0.1) is 0 Å². The first-order valence-corrected chi connectivity index (χ1v) is 4.14. The normalized spacial score (nSPS) is 22.5. The molecule has 1 N–H and O–H groups in total. The molecular weight excluding hydrogens is 156 g/mol. The van der Waals surface area contributed by atoms with E-state index in [0.29, 0.717) is 5.92 Å². The maximum Gasteiger partial charge on any atom is 0.307 e. The van der Waals surface area contributed by atoms with E-state index in [1.54, 1.807) is 0 Å². The van der Waals surface area contributed by atoms with Crippen molar-refractivity contribution < 1.29 is 14.6 Å². The highest BCUT2D eigenvalue weighted by atomic mass is 16.5. The molecule has 0 aromatic carbocycles. The number of ether oxygens (including phenoxy) is 1. The van der Waals surface area contributed by atoms with Crippen molar-refractivity contribution >= 4 is 5.97 Å². The summed E-state index contributed by atoms with van der Waals surface area (Å²) in [7, 11) is 0. The van der Waals surface area contributed by atoms with Crippen LogP contribution in [-0.4, -0.2) is 24.3 Å². The Morgan fingerprint density at radius 1 is 1.67 bits per heavy atom. The molecule has 1 unspecified atom stereocenters. The fraction of sp³-hybridized carbons (Fsp3) is 0.667. The monoisotopic (exact) mass is 170 g/mol. The van der Waals surface area contributed by atoms with E-state index in [4.69, 9.17) is 9.84 Å². The van der Waals surface area contributed by atoms with E-state index in [2.05, 4.69) is 6.58 Å². The topological polar surface area (TPSA) is 46.5 Å². The lowest BCUT2D eigenvalue weighted by Crippen LogP contribution is -2.04. The number of carboxylic acid groups (broad SMARTS) is 1. The third-order valence-corrected chi connectivity index (χ3v) is 2.00. The molecule has 1 aliphatic heterocycles. The molecule has 1 atom stereocenters. The Bertz CT molecular complexity index is 180. The Kier molecular flexibility index (Phi) is 3.29. The van der Waals surface area contributed by atoms with Crippen molar-refractivity contribution in [1.29, 1.82) is 0 Å². The molecule has 1 saturated heterocycles. The Balaban J connectivity index is 2.20. The quantitative estimate of drug-likeness (QED) is 0.649. The summed E-state index contributed by atoms with van der Waals surface area (Å²) in [6.45, 7) is 5.30. The van der Waals surface area contributed by atoms with Crippen LogP contribution in [-0.2, 0) is 9.53 Å². The summed E-state index contributed by atoms with van der Waals surface area (Å²) in [5, 5.41) is 8.47. The van der Waals surface area contributed by atoms with Gasteiger partial charge in [0.05, 0.1) is 6.42 Å². The van der Waals surface area contributed by atoms with Gasteiger partial charge in [0.2, 0.25) is 0 Å². The van der Waals surface area contributed by atoms with Crippen LogP contribution < -0.4 is 0 Å². The molecule has 0 amide bonds. The summed E-state index contributed by atoms with van der Waals surface area (Å²) in [5.41, 5.74) is 0.804. The van der Waals surface area contributed by atoms with Crippen LogP contribution in [0.5, 0.6) is 0 Å². The highest BCUT2D eigenvalue weighted by molar-refractivity contribution is 5.69. The molecule has 1 heterocycles. The van der Waals surface area contributed by atoms with Gasteiger partial charge in [-0.1, -0.05) is 12.2 Å². The highest BCUT2D eigenvalue weighted by Gasteiger charge is 2.17. The van der Waals surface area contributed by atoms with E-state index in [1.165, 1.54) is 0 Å². The molecule has 0 aromatic heterocycles. The fourth-order valence-electron chi connectivity index (χ4n) is 1.44. The van der Waals surface area contributed by atoms with E-state index < -0.39 is 5.97 Å². The van der Waals surface area contributed by atoms with E-state index in [-0.39, 0.29) is 6.42 Å². The van der Waals surface area contributed by atoms with Crippen molar-refractivity contribution in [2.45, 2.75) is 19.3 Å². The second kappa shape index (κ2) is 4.26. The van der Waals surface area contributed by atoms with Crippen LogP contribution >= 0.6 is 0 Å². The van der Waals surface area contributed by atoms with E-state index in [0.717, 1.165) is 31.6 Å². The molecule has 1 rings (SSSR count). The average molecular weight is 170 g/mol. The molecule has 0 radical (unpaired) electrons. The van der Waals surface area contributed by atoms with Gasteiger partial charge in [-0.3, -0.25) is 4.79 Å². The molecule has 3 heteroatoms. The number of carboxylic acids is 1. The fourth-order valence-corrected chi connectivity index (χ4v) is 1.44. The van der Waals surface area contributed by atoms with E-state index in [1.807, 2.05) is 0 Å².